The maximum absolute atomic E-state index is 13.6. The molecular weight excluding hydrogens is 354 g/mol. The van der Waals surface area contributed by atoms with Crippen LogP contribution in [0.3, 0.4) is 0 Å². The van der Waals surface area contributed by atoms with Gasteiger partial charge in [-0.1, -0.05) is 11.6 Å². The molecule has 2 aromatic rings. The fraction of sp³-hybridized carbons (Fsp3) is 0. The number of nitrogens with one attached hydrogen (secondary N) is 1. The lowest BCUT2D eigenvalue weighted by molar-refractivity contribution is 0.102. The summed E-state index contributed by atoms with van der Waals surface area (Å²) in [6.07, 6.45) is 0. The summed E-state index contributed by atoms with van der Waals surface area (Å²) in [7, 11) is 0. The molecule has 0 aromatic heterocycles. The molecule has 0 saturated carbocycles. The molecule has 3 N–H and O–H groups in total. The van der Waals surface area contributed by atoms with E-state index in [1.54, 1.807) is 18.2 Å². The molecule has 0 fully saturated rings. The molecule has 0 aliphatic heterocycles. The summed E-state index contributed by atoms with van der Waals surface area (Å²) in [4.78, 5) is 11.9. The predicted molar refractivity (Wildman–Crippen MR) is 77.9 cm³/mol. The largest absolute Gasteiger partial charge is 0.399 e. The Morgan fingerprint density at radius 2 is 1.90 bits per heavy atom. The van der Waals surface area contributed by atoms with E-state index in [1.165, 1.54) is 0 Å². The number of hydrogen-bond acceptors (Lipinski definition) is 2. The van der Waals surface area contributed by atoms with E-state index in [9.17, 15) is 13.6 Å². The molecule has 2 rings (SSSR count). The van der Waals surface area contributed by atoms with Crippen LogP contribution < -0.4 is 11.1 Å². The van der Waals surface area contributed by atoms with Gasteiger partial charge < -0.3 is 11.1 Å². The Balaban J connectivity index is 2.31. The molecule has 3 nitrogen and oxygen atoms in total. The molecule has 104 valence electrons. The molecule has 0 unspecified atom stereocenters. The fourth-order valence-corrected chi connectivity index (χ4v) is 2.16. The molecule has 0 radical (unpaired) electrons. The Kier molecular flexibility index (Phi) is 4.25. The number of halogens is 4. The summed E-state index contributed by atoms with van der Waals surface area (Å²) in [6, 6.07) is 6.19. The van der Waals surface area contributed by atoms with Gasteiger partial charge in [-0.15, -0.1) is 0 Å². The topological polar surface area (TPSA) is 55.1 Å². The maximum Gasteiger partial charge on any atom is 0.258 e. The van der Waals surface area contributed by atoms with E-state index in [2.05, 4.69) is 21.2 Å². The van der Waals surface area contributed by atoms with Crippen LogP contribution in [-0.4, -0.2) is 5.91 Å². The summed E-state index contributed by atoms with van der Waals surface area (Å²) < 4.78 is 27.4. The third-order valence-corrected chi connectivity index (χ3v) is 3.44. The highest BCUT2D eigenvalue weighted by Gasteiger charge is 2.16. The van der Waals surface area contributed by atoms with E-state index in [-0.39, 0.29) is 5.02 Å². The zero-order valence-corrected chi connectivity index (χ0v) is 12.2. The predicted octanol–water partition coefficient (Wildman–Crippen LogP) is 4.22. The van der Waals surface area contributed by atoms with Crippen molar-refractivity contribution >= 4 is 44.8 Å². The molecule has 0 saturated heterocycles. The van der Waals surface area contributed by atoms with Crippen molar-refractivity contribution in [2.75, 3.05) is 11.1 Å². The minimum Gasteiger partial charge on any atom is -0.399 e. The quantitative estimate of drug-likeness (QED) is 0.622. The molecule has 0 heterocycles. The second-order valence-electron chi connectivity index (χ2n) is 3.94. The Morgan fingerprint density at radius 1 is 1.20 bits per heavy atom. The number of hydrogen-bond donors (Lipinski definition) is 2. The summed E-state index contributed by atoms with van der Waals surface area (Å²) >= 11 is 8.63. The molecule has 0 aliphatic rings. The fourth-order valence-electron chi connectivity index (χ4n) is 1.52. The van der Waals surface area contributed by atoms with Gasteiger partial charge in [0.25, 0.3) is 5.91 Å². The maximum atomic E-state index is 13.6. The lowest BCUT2D eigenvalue weighted by atomic mass is 10.2. The van der Waals surface area contributed by atoms with Crippen LogP contribution in [0.15, 0.2) is 34.8 Å². The van der Waals surface area contributed by atoms with E-state index in [4.69, 9.17) is 17.3 Å². The number of amides is 1. The first kappa shape index (κ1) is 14.7. The van der Waals surface area contributed by atoms with Gasteiger partial charge in [0.05, 0.1) is 16.3 Å². The van der Waals surface area contributed by atoms with Crippen LogP contribution in [0, 0.1) is 11.6 Å². The van der Waals surface area contributed by atoms with E-state index in [1.807, 2.05) is 0 Å². The second-order valence-corrected chi connectivity index (χ2v) is 5.20. The first-order valence-corrected chi connectivity index (χ1v) is 6.56. The molecule has 0 bridgehead atoms. The van der Waals surface area contributed by atoms with E-state index in [0.717, 1.165) is 12.1 Å². The van der Waals surface area contributed by atoms with E-state index in [0.29, 0.717) is 15.8 Å². The van der Waals surface area contributed by atoms with Gasteiger partial charge in [-0.05, 0) is 46.3 Å². The van der Waals surface area contributed by atoms with Crippen molar-refractivity contribution in [3.05, 3.63) is 57.0 Å². The SMILES string of the molecule is Nc1ccc(NC(=O)c2cc(F)c(Cl)cc2F)c(Br)c1. The smallest absolute Gasteiger partial charge is 0.258 e. The van der Waals surface area contributed by atoms with Gasteiger partial charge in [-0.25, -0.2) is 8.78 Å². The highest BCUT2D eigenvalue weighted by atomic mass is 79.9. The molecule has 1 amide bonds. The number of nitrogen functional groups attached to an aromatic ring is 1. The van der Waals surface area contributed by atoms with Crippen LogP contribution in [0.1, 0.15) is 10.4 Å². The van der Waals surface area contributed by atoms with Crippen LogP contribution in [0.4, 0.5) is 20.2 Å². The van der Waals surface area contributed by atoms with Gasteiger partial charge in [0, 0.05) is 10.2 Å². The van der Waals surface area contributed by atoms with Gasteiger partial charge in [-0.3, -0.25) is 4.79 Å². The van der Waals surface area contributed by atoms with E-state index >= 15 is 0 Å². The number of carbonyl (C=O) groups is 1. The molecule has 20 heavy (non-hydrogen) atoms. The van der Waals surface area contributed by atoms with Crippen molar-refractivity contribution in [2.45, 2.75) is 0 Å². The molecule has 2 aromatic carbocycles. The zero-order chi connectivity index (χ0) is 14.9. The van der Waals surface area contributed by atoms with Crippen molar-refractivity contribution in [2.24, 2.45) is 0 Å². The molecule has 0 atom stereocenters. The second kappa shape index (κ2) is 5.76. The summed E-state index contributed by atoms with van der Waals surface area (Å²) in [5.74, 6) is -2.56. The van der Waals surface area contributed by atoms with Crippen LogP contribution >= 0.6 is 27.5 Å². The number of benzene rings is 2. The Labute approximate surface area is 126 Å². The van der Waals surface area contributed by atoms with Crippen molar-refractivity contribution in [1.82, 2.24) is 0 Å². The van der Waals surface area contributed by atoms with Crippen LogP contribution in [0.5, 0.6) is 0 Å². The average molecular weight is 362 g/mol. The van der Waals surface area contributed by atoms with Crippen molar-refractivity contribution in [3.8, 4) is 0 Å². The number of nitrogens with two attached hydrogens (primary N) is 1. The third kappa shape index (κ3) is 3.08. The van der Waals surface area contributed by atoms with Gasteiger partial charge in [0.2, 0.25) is 0 Å². The summed E-state index contributed by atoms with van der Waals surface area (Å²) in [5.41, 5.74) is 6.02. The first-order chi connectivity index (χ1) is 9.38. The molecule has 7 heteroatoms. The average Bonchev–Trinajstić information content (AvgIpc) is 2.37. The normalized spacial score (nSPS) is 10.4. The van der Waals surface area contributed by atoms with Crippen LogP contribution in [0.2, 0.25) is 5.02 Å². The molecular formula is C13H8BrClF2N2O. The van der Waals surface area contributed by atoms with Crippen molar-refractivity contribution < 1.29 is 13.6 Å². The Hall–Kier alpha value is -1.66. The molecule has 0 aliphatic carbocycles. The molecule has 0 spiro atoms. The summed E-state index contributed by atoms with van der Waals surface area (Å²) in [6.45, 7) is 0. The van der Waals surface area contributed by atoms with E-state index < -0.39 is 23.1 Å². The van der Waals surface area contributed by atoms with Crippen LogP contribution in [-0.2, 0) is 0 Å². The minimum atomic E-state index is -0.902. The minimum absolute atomic E-state index is 0.382. The first-order valence-electron chi connectivity index (χ1n) is 5.39. The lowest BCUT2D eigenvalue weighted by Crippen LogP contribution is -2.14. The Bertz CT molecular complexity index is 694. The number of carbonyl (C=O) groups excluding carboxylic acids is 1. The third-order valence-electron chi connectivity index (χ3n) is 2.50. The Morgan fingerprint density at radius 3 is 2.55 bits per heavy atom. The zero-order valence-electron chi connectivity index (χ0n) is 9.88. The highest BCUT2D eigenvalue weighted by molar-refractivity contribution is 9.10. The van der Waals surface area contributed by atoms with Crippen LogP contribution in [0.25, 0.3) is 0 Å². The number of rotatable bonds is 2. The van der Waals surface area contributed by atoms with Gasteiger partial charge in [-0.2, -0.15) is 0 Å². The van der Waals surface area contributed by atoms with Gasteiger partial charge in [0.1, 0.15) is 11.6 Å². The summed E-state index contributed by atoms with van der Waals surface area (Å²) in [5, 5.41) is 2.07. The lowest BCUT2D eigenvalue weighted by Gasteiger charge is -2.09. The number of anilines is 2. The highest BCUT2D eigenvalue weighted by Crippen LogP contribution is 2.26. The monoisotopic (exact) mass is 360 g/mol. The van der Waals surface area contributed by atoms with Crippen molar-refractivity contribution in [1.29, 1.82) is 0 Å². The standard InChI is InChI=1S/C13H8BrClF2N2O/c14-8-3-6(18)1-2-12(8)19-13(20)7-4-11(17)9(15)5-10(7)16/h1-5H,18H2,(H,19,20). The van der Waals surface area contributed by atoms with Gasteiger partial charge in [0.15, 0.2) is 0 Å². The van der Waals surface area contributed by atoms with Crippen molar-refractivity contribution in [3.63, 3.8) is 0 Å². The van der Waals surface area contributed by atoms with Gasteiger partial charge >= 0.3 is 0 Å².